The molecular formula is C30H28FN3O2. The van der Waals surface area contributed by atoms with Gasteiger partial charge in [0.25, 0.3) is 5.91 Å². The molecule has 4 aromatic rings. The highest BCUT2D eigenvalue weighted by Crippen LogP contribution is 2.26. The van der Waals surface area contributed by atoms with Gasteiger partial charge in [0.1, 0.15) is 5.82 Å². The SMILES string of the molecule is Cc1ccc(C(=O)N2CCC(C(=O)NC(c3ccc(F)cc3)c3ccc4ccccc4n3)CC2)cc1. The van der Waals surface area contributed by atoms with Gasteiger partial charge in [-0.05, 0) is 61.7 Å². The highest BCUT2D eigenvalue weighted by molar-refractivity contribution is 5.94. The lowest BCUT2D eigenvalue weighted by molar-refractivity contribution is -0.126. The number of hydrogen-bond donors (Lipinski definition) is 1. The second kappa shape index (κ2) is 10.3. The molecule has 5 rings (SSSR count). The number of aryl methyl sites for hydroxylation is 1. The minimum absolute atomic E-state index is 0.00147. The van der Waals surface area contributed by atoms with Crippen LogP contribution < -0.4 is 5.32 Å². The summed E-state index contributed by atoms with van der Waals surface area (Å²) in [6, 6.07) is 24.9. The van der Waals surface area contributed by atoms with Gasteiger partial charge in [0.05, 0.1) is 17.3 Å². The van der Waals surface area contributed by atoms with E-state index >= 15 is 0 Å². The molecule has 1 aromatic heterocycles. The summed E-state index contributed by atoms with van der Waals surface area (Å²) in [6.07, 6.45) is 1.18. The number of piperidine rings is 1. The summed E-state index contributed by atoms with van der Waals surface area (Å²) >= 11 is 0. The Kier molecular flexibility index (Phi) is 6.76. The lowest BCUT2D eigenvalue weighted by atomic mass is 9.94. The minimum atomic E-state index is -0.505. The maximum atomic E-state index is 13.6. The van der Waals surface area contributed by atoms with Crippen molar-refractivity contribution >= 4 is 22.7 Å². The first-order valence-electron chi connectivity index (χ1n) is 12.3. The van der Waals surface area contributed by atoms with Gasteiger partial charge in [-0.15, -0.1) is 0 Å². The summed E-state index contributed by atoms with van der Waals surface area (Å²) in [5.41, 5.74) is 4.07. The van der Waals surface area contributed by atoms with E-state index < -0.39 is 6.04 Å². The highest BCUT2D eigenvalue weighted by atomic mass is 19.1. The van der Waals surface area contributed by atoms with Gasteiger partial charge in [-0.25, -0.2) is 4.39 Å². The van der Waals surface area contributed by atoms with Crippen molar-refractivity contribution in [3.8, 4) is 0 Å². The Morgan fingerprint density at radius 2 is 1.61 bits per heavy atom. The van der Waals surface area contributed by atoms with Gasteiger partial charge < -0.3 is 10.2 Å². The predicted octanol–water partition coefficient (Wildman–Crippen LogP) is 5.44. The van der Waals surface area contributed by atoms with E-state index in [0.29, 0.717) is 37.2 Å². The van der Waals surface area contributed by atoms with Crippen LogP contribution >= 0.6 is 0 Å². The Labute approximate surface area is 210 Å². The zero-order valence-electron chi connectivity index (χ0n) is 20.2. The van der Waals surface area contributed by atoms with Crippen LogP contribution in [0.4, 0.5) is 4.39 Å². The van der Waals surface area contributed by atoms with Crippen LogP contribution in [0.2, 0.25) is 0 Å². The molecule has 1 N–H and O–H groups in total. The second-order valence-electron chi connectivity index (χ2n) is 9.35. The zero-order chi connectivity index (χ0) is 25.1. The highest BCUT2D eigenvalue weighted by Gasteiger charge is 2.30. The average molecular weight is 482 g/mol. The third-order valence-electron chi connectivity index (χ3n) is 6.86. The summed E-state index contributed by atoms with van der Waals surface area (Å²) in [7, 11) is 0. The number of pyridine rings is 1. The molecule has 3 aromatic carbocycles. The van der Waals surface area contributed by atoms with Crippen molar-refractivity contribution in [3.63, 3.8) is 0 Å². The average Bonchev–Trinajstić information content (AvgIpc) is 2.92. The number of likely N-dealkylation sites (tertiary alicyclic amines) is 1. The smallest absolute Gasteiger partial charge is 0.253 e. The second-order valence-corrected chi connectivity index (χ2v) is 9.35. The van der Waals surface area contributed by atoms with E-state index in [1.54, 1.807) is 12.1 Å². The van der Waals surface area contributed by atoms with Crippen LogP contribution in [0.25, 0.3) is 10.9 Å². The van der Waals surface area contributed by atoms with Gasteiger partial charge in [-0.2, -0.15) is 0 Å². The number of para-hydroxylation sites is 1. The molecule has 1 aliphatic rings. The van der Waals surface area contributed by atoms with Gasteiger partial charge in [-0.1, -0.05) is 54.1 Å². The maximum absolute atomic E-state index is 13.6. The molecule has 182 valence electrons. The number of aromatic nitrogens is 1. The number of fused-ring (bicyclic) bond motifs is 1. The molecule has 5 nitrogen and oxygen atoms in total. The van der Waals surface area contributed by atoms with Crippen LogP contribution in [0.5, 0.6) is 0 Å². The lowest BCUT2D eigenvalue weighted by Crippen LogP contribution is -2.44. The lowest BCUT2D eigenvalue weighted by Gasteiger charge is -2.32. The Bertz CT molecular complexity index is 1380. The molecule has 6 heteroatoms. The molecule has 1 aliphatic heterocycles. The summed E-state index contributed by atoms with van der Waals surface area (Å²) in [5.74, 6) is -0.628. The number of benzene rings is 3. The zero-order valence-corrected chi connectivity index (χ0v) is 20.2. The molecule has 1 fully saturated rings. The van der Waals surface area contributed by atoms with Gasteiger partial charge in [0.15, 0.2) is 0 Å². The van der Waals surface area contributed by atoms with Crippen LogP contribution in [0, 0.1) is 18.7 Å². The molecule has 2 amide bonds. The number of hydrogen-bond acceptors (Lipinski definition) is 3. The van der Waals surface area contributed by atoms with Crippen LogP contribution in [0.3, 0.4) is 0 Å². The van der Waals surface area contributed by atoms with Crippen LogP contribution in [0.1, 0.15) is 46.1 Å². The fraction of sp³-hybridized carbons (Fsp3) is 0.233. The Morgan fingerprint density at radius 1 is 0.917 bits per heavy atom. The molecule has 0 radical (unpaired) electrons. The molecule has 2 heterocycles. The fourth-order valence-corrected chi connectivity index (χ4v) is 4.71. The Balaban J connectivity index is 1.31. The number of amides is 2. The molecule has 0 bridgehead atoms. The third-order valence-corrected chi connectivity index (χ3v) is 6.86. The van der Waals surface area contributed by atoms with Crippen molar-refractivity contribution in [2.24, 2.45) is 5.92 Å². The van der Waals surface area contributed by atoms with Gasteiger partial charge in [0.2, 0.25) is 5.91 Å². The standard InChI is InChI=1S/C30H28FN3O2/c1-20-6-8-24(9-7-20)30(36)34-18-16-23(17-19-34)29(35)33-28(22-10-13-25(31)14-11-22)27-15-12-21-4-2-3-5-26(21)32-27/h2-15,23,28H,16-19H2,1H3,(H,33,35). The number of carbonyl (C=O) groups excluding carboxylic acids is 2. The monoisotopic (exact) mass is 481 g/mol. The van der Waals surface area contributed by atoms with Crippen molar-refractivity contribution in [3.05, 3.63) is 113 Å². The topological polar surface area (TPSA) is 62.3 Å². The van der Waals surface area contributed by atoms with E-state index in [1.807, 2.05) is 72.5 Å². The number of nitrogens with one attached hydrogen (secondary N) is 1. The molecule has 36 heavy (non-hydrogen) atoms. The molecule has 0 spiro atoms. The number of rotatable bonds is 5. The molecule has 0 aliphatic carbocycles. The molecule has 1 unspecified atom stereocenters. The Hall–Kier alpha value is -4.06. The third kappa shape index (κ3) is 5.13. The predicted molar refractivity (Wildman–Crippen MR) is 138 cm³/mol. The van der Waals surface area contributed by atoms with Crippen molar-refractivity contribution < 1.29 is 14.0 Å². The van der Waals surface area contributed by atoms with Crippen molar-refractivity contribution in [1.82, 2.24) is 15.2 Å². The van der Waals surface area contributed by atoms with Crippen LogP contribution in [-0.2, 0) is 4.79 Å². The van der Waals surface area contributed by atoms with E-state index in [2.05, 4.69) is 5.32 Å². The molecule has 0 saturated carbocycles. The number of nitrogens with zero attached hydrogens (tertiary/aromatic N) is 2. The summed E-state index contributed by atoms with van der Waals surface area (Å²) in [4.78, 5) is 32.8. The van der Waals surface area contributed by atoms with Crippen LogP contribution in [0.15, 0.2) is 84.9 Å². The van der Waals surface area contributed by atoms with E-state index in [1.165, 1.54) is 12.1 Å². The molecule has 1 saturated heterocycles. The number of halogens is 1. The van der Waals surface area contributed by atoms with Crippen LogP contribution in [-0.4, -0.2) is 34.8 Å². The van der Waals surface area contributed by atoms with E-state index in [4.69, 9.17) is 4.98 Å². The molecule has 1 atom stereocenters. The van der Waals surface area contributed by atoms with Gasteiger partial charge in [0, 0.05) is 30.0 Å². The first-order valence-corrected chi connectivity index (χ1v) is 12.3. The van der Waals surface area contributed by atoms with Crippen molar-refractivity contribution in [2.45, 2.75) is 25.8 Å². The molecular weight excluding hydrogens is 453 g/mol. The van der Waals surface area contributed by atoms with E-state index in [0.717, 1.165) is 22.0 Å². The Morgan fingerprint density at radius 3 is 2.33 bits per heavy atom. The fourth-order valence-electron chi connectivity index (χ4n) is 4.71. The first-order chi connectivity index (χ1) is 17.5. The van der Waals surface area contributed by atoms with Crippen molar-refractivity contribution in [2.75, 3.05) is 13.1 Å². The quantitative estimate of drug-likeness (QED) is 0.413. The van der Waals surface area contributed by atoms with Gasteiger partial charge >= 0.3 is 0 Å². The normalized spacial score (nSPS) is 15.0. The van der Waals surface area contributed by atoms with E-state index in [9.17, 15) is 14.0 Å². The largest absolute Gasteiger partial charge is 0.343 e. The van der Waals surface area contributed by atoms with E-state index in [-0.39, 0.29) is 23.5 Å². The number of carbonyl (C=O) groups is 2. The summed E-state index contributed by atoms with van der Waals surface area (Å²) < 4.78 is 13.6. The minimum Gasteiger partial charge on any atom is -0.343 e. The van der Waals surface area contributed by atoms with Crippen molar-refractivity contribution in [1.29, 1.82) is 0 Å². The van der Waals surface area contributed by atoms with Gasteiger partial charge in [-0.3, -0.25) is 14.6 Å². The summed E-state index contributed by atoms with van der Waals surface area (Å²) in [6.45, 7) is 3.05. The first kappa shape index (κ1) is 23.7. The maximum Gasteiger partial charge on any atom is 0.253 e. The summed E-state index contributed by atoms with van der Waals surface area (Å²) in [5, 5.41) is 4.17.